The van der Waals surface area contributed by atoms with Gasteiger partial charge in [-0.3, -0.25) is 4.79 Å². The van der Waals surface area contributed by atoms with E-state index >= 15 is 0 Å². The van der Waals surface area contributed by atoms with Crippen molar-refractivity contribution in [3.63, 3.8) is 0 Å². The molecule has 1 heterocycles. The lowest BCUT2D eigenvalue weighted by Crippen LogP contribution is -2.28. The maximum Gasteiger partial charge on any atom is 0.319 e. The SMILES string of the molecule is CC#CCNC(=O)Nc1ccc(NC(=O)c2ccco2)c(C)c1. The molecule has 0 aliphatic carbocycles. The van der Waals surface area contributed by atoms with Gasteiger partial charge in [0.15, 0.2) is 5.76 Å². The number of rotatable bonds is 4. The van der Waals surface area contributed by atoms with E-state index < -0.39 is 0 Å². The number of hydrogen-bond acceptors (Lipinski definition) is 3. The van der Waals surface area contributed by atoms with Gasteiger partial charge in [0.05, 0.1) is 12.8 Å². The maximum absolute atomic E-state index is 11.9. The summed E-state index contributed by atoms with van der Waals surface area (Å²) in [5.41, 5.74) is 2.09. The van der Waals surface area contributed by atoms with Crippen molar-refractivity contribution in [2.75, 3.05) is 17.2 Å². The number of furan rings is 1. The van der Waals surface area contributed by atoms with E-state index in [4.69, 9.17) is 4.42 Å². The van der Waals surface area contributed by atoms with Crippen molar-refractivity contribution in [3.8, 4) is 11.8 Å². The summed E-state index contributed by atoms with van der Waals surface area (Å²) >= 11 is 0. The van der Waals surface area contributed by atoms with Gasteiger partial charge in [-0.05, 0) is 49.7 Å². The van der Waals surface area contributed by atoms with E-state index in [1.54, 1.807) is 37.3 Å². The van der Waals surface area contributed by atoms with E-state index in [2.05, 4.69) is 27.8 Å². The average Bonchev–Trinajstić information content (AvgIpc) is 3.04. The van der Waals surface area contributed by atoms with E-state index in [1.807, 2.05) is 6.92 Å². The van der Waals surface area contributed by atoms with Gasteiger partial charge in [0, 0.05) is 11.4 Å². The highest BCUT2D eigenvalue weighted by molar-refractivity contribution is 6.02. The Bertz CT molecular complexity index is 755. The molecule has 1 aromatic heterocycles. The summed E-state index contributed by atoms with van der Waals surface area (Å²) in [5, 5.41) is 8.07. The molecule has 118 valence electrons. The van der Waals surface area contributed by atoms with Crippen molar-refractivity contribution < 1.29 is 14.0 Å². The predicted octanol–water partition coefficient (Wildman–Crippen LogP) is 2.99. The summed E-state index contributed by atoms with van der Waals surface area (Å²) in [6, 6.07) is 8.09. The fraction of sp³-hybridized carbons (Fsp3) is 0.176. The molecule has 6 nitrogen and oxygen atoms in total. The van der Waals surface area contributed by atoms with Gasteiger partial charge in [0.1, 0.15) is 0 Å². The van der Waals surface area contributed by atoms with Crippen LogP contribution in [0.5, 0.6) is 0 Å². The number of anilines is 2. The maximum atomic E-state index is 11.9. The molecule has 0 aliphatic rings. The summed E-state index contributed by atoms with van der Waals surface area (Å²) < 4.78 is 5.04. The lowest BCUT2D eigenvalue weighted by molar-refractivity contribution is 0.0996. The molecule has 6 heteroatoms. The van der Waals surface area contributed by atoms with Crippen LogP contribution in [0.15, 0.2) is 41.0 Å². The van der Waals surface area contributed by atoms with Crippen molar-refractivity contribution >= 4 is 23.3 Å². The molecule has 0 bridgehead atoms. The van der Waals surface area contributed by atoms with Gasteiger partial charge in [0.25, 0.3) is 5.91 Å². The molecule has 1 aromatic carbocycles. The van der Waals surface area contributed by atoms with E-state index in [1.165, 1.54) is 6.26 Å². The Morgan fingerprint density at radius 3 is 2.70 bits per heavy atom. The Morgan fingerprint density at radius 2 is 2.04 bits per heavy atom. The zero-order valence-corrected chi connectivity index (χ0v) is 12.9. The van der Waals surface area contributed by atoms with Gasteiger partial charge in [-0.15, -0.1) is 5.92 Å². The van der Waals surface area contributed by atoms with Crippen molar-refractivity contribution in [2.24, 2.45) is 0 Å². The Labute approximate surface area is 134 Å². The van der Waals surface area contributed by atoms with Crippen LogP contribution in [-0.2, 0) is 0 Å². The third-order valence-corrected chi connectivity index (χ3v) is 2.99. The summed E-state index contributed by atoms with van der Waals surface area (Å²) in [6.07, 6.45) is 1.44. The minimum atomic E-state index is -0.334. The van der Waals surface area contributed by atoms with Crippen LogP contribution in [0, 0.1) is 18.8 Å². The molecule has 0 fully saturated rings. The van der Waals surface area contributed by atoms with E-state index in [0.29, 0.717) is 17.9 Å². The predicted molar refractivity (Wildman–Crippen MR) is 88.3 cm³/mol. The number of urea groups is 1. The molecule has 0 atom stereocenters. The second kappa shape index (κ2) is 7.71. The standard InChI is InChI=1S/C17H17N3O3/c1-3-4-9-18-17(22)19-13-7-8-14(12(2)11-13)20-16(21)15-6-5-10-23-15/h5-8,10-11H,9H2,1-2H3,(H,20,21)(H2,18,19,22). The molecule has 0 unspecified atom stereocenters. The van der Waals surface area contributed by atoms with Crippen LogP contribution in [-0.4, -0.2) is 18.5 Å². The van der Waals surface area contributed by atoms with E-state index in [-0.39, 0.29) is 17.7 Å². The Morgan fingerprint density at radius 1 is 1.22 bits per heavy atom. The van der Waals surface area contributed by atoms with Crippen LogP contribution in [0.3, 0.4) is 0 Å². The monoisotopic (exact) mass is 311 g/mol. The van der Waals surface area contributed by atoms with Gasteiger partial charge in [-0.25, -0.2) is 4.79 Å². The summed E-state index contributed by atoms with van der Waals surface area (Å²) in [4.78, 5) is 23.6. The molecule has 0 radical (unpaired) electrons. The number of aryl methyl sites for hydroxylation is 1. The Kier molecular flexibility index (Phi) is 5.42. The molecule has 0 aliphatic heterocycles. The zero-order valence-electron chi connectivity index (χ0n) is 12.9. The third kappa shape index (κ3) is 4.64. The fourth-order valence-corrected chi connectivity index (χ4v) is 1.86. The number of amides is 3. The highest BCUT2D eigenvalue weighted by Gasteiger charge is 2.10. The van der Waals surface area contributed by atoms with Crippen molar-refractivity contribution in [1.82, 2.24) is 5.32 Å². The van der Waals surface area contributed by atoms with Crippen LogP contribution < -0.4 is 16.0 Å². The van der Waals surface area contributed by atoms with Gasteiger partial charge in [0.2, 0.25) is 0 Å². The first kappa shape index (κ1) is 16.2. The van der Waals surface area contributed by atoms with Gasteiger partial charge >= 0.3 is 6.03 Å². The normalized spacial score (nSPS) is 9.48. The second-order valence-corrected chi connectivity index (χ2v) is 4.70. The van der Waals surface area contributed by atoms with Gasteiger partial charge in [-0.2, -0.15) is 0 Å². The van der Waals surface area contributed by atoms with Gasteiger partial charge < -0.3 is 20.4 Å². The minimum absolute atomic E-state index is 0.239. The molecule has 0 saturated carbocycles. The average molecular weight is 311 g/mol. The number of benzene rings is 1. The van der Waals surface area contributed by atoms with E-state index in [9.17, 15) is 9.59 Å². The molecule has 23 heavy (non-hydrogen) atoms. The molecular weight excluding hydrogens is 294 g/mol. The number of carbonyl (C=O) groups is 2. The second-order valence-electron chi connectivity index (χ2n) is 4.70. The smallest absolute Gasteiger partial charge is 0.319 e. The third-order valence-electron chi connectivity index (χ3n) is 2.99. The highest BCUT2D eigenvalue weighted by atomic mass is 16.3. The molecule has 3 N–H and O–H groups in total. The fourth-order valence-electron chi connectivity index (χ4n) is 1.86. The largest absolute Gasteiger partial charge is 0.459 e. The first-order valence-electron chi connectivity index (χ1n) is 7.00. The molecular formula is C17H17N3O3. The number of carbonyl (C=O) groups excluding carboxylic acids is 2. The summed E-state index contributed by atoms with van der Waals surface area (Å²) in [5.74, 6) is 5.35. The van der Waals surface area contributed by atoms with Crippen LogP contribution in [0.4, 0.5) is 16.2 Å². The Hall–Kier alpha value is -3.20. The van der Waals surface area contributed by atoms with E-state index in [0.717, 1.165) is 5.56 Å². The van der Waals surface area contributed by atoms with Gasteiger partial charge in [-0.1, -0.05) is 5.92 Å². The lowest BCUT2D eigenvalue weighted by atomic mass is 10.1. The first-order valence-corrected chi connectivity index (χ1v) is 7.00. The molecule has 3 amide bonds. The molecule has 2 rings (SSSR count). The minimum Gasteiger partial charge on any atom is -0.459 e. The highest BCUT2D eigenvalue weighted by Crippen LogP contribution is 2.20. The zero-order chi connectivity index (χ0) is 16.7. The quantitative estimate of drug-likeness (QED) is 0.759. The first-order chi connectivity index (χ1) is 11.1. The Balaban J connectivity index is 1.98. The van der Waals surface area contributed by atoms with Crippen LogP contribution in [0.1, 0.15) is 23.0 Å². The van der Waals surface area contributed by atoms with Crippen molar-refractivity contribution in [3.05, 3.63) is 47.9 Å². The van der Waals surface area contributed by atoms with Crippen LogP contribution in [0.2, 0.25) is 0 Å². The number of hydrogen-bond donors (Lipinski definition) is 3. The summed E-state index contributed by atoms with van der Waals surface area (Å²) in [7, 11) is 0. The lowest BCUT2D eigenvalue weighted by Gasteiger charge is -2.10. The summed E-state index contributed by atoms with van der Waals surface area (Å²) in [6.45, 7) is 3.83. The van der Waals surface area contributed by atoms with Crippen molar-refractivity contribution in [1.29, 1.82) is 0 Å². The topological polar surface area (TPSA) is 83.4 Å². The van der Waals surface area contributed by atoms with Crippen LogP contribution in [0.25, 0.3) is 0 Å². The number of nitrogens with one attached hydrogen (secondary N) is 3. The van der Waals surface area contributed by atoms with Crippen LogP contribution >= 0.6 is 0 Å². The molecule has 2 aromatic rings. The molecule has 0 saturated heterocycles. The van der Waals surface area contributed by atoms with Crippen molar-refractivity contribution in [2.45, 2.75) is 13.8 Å². The molecule has 0 spiro atoms.